The van der Waals surface area contributed by atoms with Gasteiger partial charge in [0.25, 0.3) is 5.91 Å². The van der Waals surface area contributed by atoms with Crippen molar-refractivity contribution < 1.29 is 14.3 Å². The predicted octanol–water partition coefficient (Wildman–Crippen LogP) is 2.14. The van der Waals surface area contributed by atoms with E-state index in [-0.39, 0.29) is 5.91 Å². The molecule has 96 valence electrons. The van der Waals surface area contributed by atoms with Crippen LogP contribution in [0.5, 0.6) is 11.5 Å². The van der Waals surface area contributed by atoms with Crippen molar-refractivity contribution in [2.24, 2.45) is 4.99 Å². The molecule has 0 spiro atoms. The number of hydrogen-bond donors (Lipinski definition) is 0. The lowest BCUT2D eigenvalue weighted by Crippen LogP contribution is -2.22. The molecule has 0 radical (unpaired) electrons. The Morgan fingerprint density at radius 1 is 1.28 bits per heavy atom. The Bertz CT molecular complexity index is 508. The molecule has 5 nitrogen and oxygen atoms in total. The molecular weight excluding hydrogens is 252 g/mol. The zero-order valence-corrected chi connectivity index (χ0v) is 11.5. The molecule has 0 fully saturated rings. The molecule has 0 N–H and O–H groups in total. The third kappa shape index (κ3) is 2.85. The summed E-state index contributed by atoms with van der Waals surface area (Å²) in [4.78, 5) is 17.3. The van der Waals surface area contributed by atoms with Gasteiger partial charge in [-0.1, -0.05) is 0 Å². The number of nitrogens with zero attached hydrogens (tertiary/aromatic N) is 2. The molecule has 0 saturated carbocycles. The summed E-state index contributed by atoms with van der Waals surface area (Å²) in [7, 11) is 6.32. The second kappa shape index (κ2) is 6.14. The van der Waals surface area contributed by atoms with Crippen molar-refractivity contribution in [3.63, 3.8) is 0 Å². The maximum atomic E-state index is 12.0. The van der Waals surface area contributed by atoms with E-state index < -0.39 is 0 Å². The number of carbonyl (C=O) groups excluding carboxylic acids is 1. The van der Waals surface area contributed by atoms with Gasteiger partial charge in [0.1, 0.15) is 17.2 Å². The highest BCUT2D eigenvalue weighted by Crippen LogP contribution is 2.35. The highest BCUT2D eigenvalue weighted by atomic mass is 32.1. The van der Waals surface area contributed by atoms with Crippen molar-refractivity contribution in [3.8, 4) is 11.5 Å². The van der Waals surface area contributed by atoms with Crippen LogP contribution in [0.2, 0.25) is 0 Å². The Morgan fingerprint density at radius 2 is 1.89 bits per heavy atom. The molecule has 6 heteroatoms. The average Bonchev–Trinajstić information content (AvgIpc) is 2.37. The highest BCUT2D eigenvalue weighted by Gasteiger charge is 2.18. The normalized spacial score (nSPS) is 9.33. The van der Waals surface area contributed by atoms with Crippen LogP contribution in [-0.4, -0.2) is 44.3 Å². The van der Waals surface area contributed by atoms with Crippen LogP contribution in [0.25, 0.3) is 0 Å². The lowest BCUT2D eigenvalue weighted by atomic mass is 10.1. The van der Waals surface area contributed by atoms with Crippen molar-refractivity contribution in [3.05, 3.63) is 17.7 Å². The van der Waals surface area contributed by atoms with Gasteiger partial charge in [-0.3, -0.25) is 4.79 Å². The largest absolute Gasteiger partial charge is 0.496 e. The number of aliphatic imine (C=N–C) groups is 1. The van der Waals surface area contributed by atoms with Crippen molar-refractivity contribution in [2.45, 2.75) is 0 Å². The Morgan fingerprint density at radius 3 is 2.33 bits per heavy atom. The highest BCUT2D eigenvalue weighted by molar-refractivity contribution is 7.78. The van der Waals surface area contributed by atoms with Crippen LogP contribution in [0.4, 0.5) is 5.69 Å². The Hall–Kier alpha value is -1.91. The van der Waals surface area contributed by atoms with Crippen molar-refractivity contribution >= 4 is 29.0 Å². The van der Waals surface area contributed by atoms with Crippen LogP contribution < -0.4 is 9.47 Å². The van der Waals surface area contributed by atoms with Crippen molar-refractivity contribution in [1.82, 2.24) is 4.90 Å². The van der Waals surface area contributed by atoms with Crippen LogP contribution in [0, 0.1) is 0 Å². The fraction of sp³-hybridized carbons (Fsp3) is 0.333. The molecule has 1 aromatic carbocycles. The lowest BCUT2D eigenvalue weighted by Gasteiger charge is -2.15. The molecule has 0 aliphatic rings. The van der Waals surface area contributed by atoms with E-state index in [1.807, 2.05) is 0 Å². The van der Waals surface area contributed by atoms with Gasteiger partial charge in [0, 0.05) is 20.2 Å². The molecule has 18 heavy (non-hydrogen) atoms. The van der Waals surface area contributed by atoms with Gasteiger partial charge in [-0.05, 0) is 18.3 Å². The second-order valence-electron chi connectivity index (χ2n) is 3.63. The summed E-state index contributed by atoms with van der Waals surface area (Å²) in [6.45, 7) is 0. The smallest absolute Gasteiger partial charge is 0.257 e. The van der Waals surface area contributed by atoms with E-state index in [0.717, 1.165) is 0 Å². The minimum Gasteiger partial charge on any atom is -0.496 e. The number of hydrogen-bond acceptors (Lipinski definition) is 5. The number of ether oxygens (including phenoxy) is 2. The fourth-order valence-electron chi connectivity index (χ4n) is 1.43. The maximum Gasteiger partial charge on any atom is 0.257 e. The number of methoxy groups -OCH3 is 2. The summed E-state index contributed by atoms with van der Waals surface area (Å²) in [6, 6.07) is 3.17. The minimum atomic E-state index is -0.185. The maximum absolute atomic E-state index is 12.0. The molecular formula is C12H14N2O3S. The average molecular weight is 266 g/mol. The molecule has 0 aromatic heterocycles. The molecule has 0 saturated heterocycles. The third-order valence-corrected chi connectivity index (χ3v) is 2.39. The monoisotopic (exact) mass is 266 g/mol. The first-order chi connectivity index (χ1) is 8.54. The van der Waals surface area contributed by atoms with Crippen LogP contribution in [0.3, 0.4) is 0 Å². The van der Waals surface area contributed by atoms with E-state index in [4.69, 9.17) is 9.47 Å². The van der Waals surface area contributed by atoms with E-state index in [1.165, 1.54) is 19.1 Å². The minimum absolute atomic E-state index is 0.185. The van der Waals surface area contributed by atoms with Gasteiger partial charge in [-0.25, -0.2) is 0 Å². The summed E-state index contributed by atoms with van der Waals surface area (Å²) in [5, 5.41) is 2.25. The van der Waals surface area contributed by atoms with E-state index in [1.54, 1.807) is 26.2 Å². The Kier molecular flexibility index (Phi) is 4.83. The quantitative estimate of drug-likeness (QED) is 0.619. The second-order valence-corrected chi connectivity index (χ2v) is 3.81. The SMILES string of the molecule is COc1cc(OC)c(C(=O)N(C)C)cc1N=C=S. The number of amides is 1. The fourth-order valence-corrected chi connectivity index (χ4v) is 1.53. The van der Waals surface area contributed by atoms with Crippen LogP contribution in [0.15, 0.2) is 17.1 Å². The van der Waals surface area contributed by atoms with Gasteiger partial charge >= 0.3 is 0 Å². The van der Waals surface area contributed by atoms with Gasteiger partial charge in [0.2, 0.25) is 0 Å². The molecule has 0 atom stereocenters. The molecule has 1 amide bonds. The lowest BCUT2D eigenvalue weighted by molar-refractivity contribution is 0.0824. The molecule has 0 aliphatic carbocycles. The van der Waals surface area contributed by atoms with Gasteiger partial charge in [-0.2, -0.15) is 4.99 Å². The number of thiocarbonyl (C=S) groups is 1. The molecule has 1 aromatic rings. The summed E-state index contributed by atoms with van der Waals surface area (Å²) in [5.74, 6) is 0.712. The number of carbonyl (C=O) groups is 1. The van der Waals surface area contributed by atoms with Crippen LogP contribution in [0.1, 0.15) is 10.4 Å². The summed E-state index contributed by atoms with van der Waals surface area (Å²) in [5.41, 5.74) is 0.839. The van der Waals surface area contributed by atoms with E-state index in [0.29, 0.717) is 22.7 Å². The summed E-state index contributed by atoms with van der Waals surface area (Å²) < 4.78 is 10.3. The zero-order valence-electron chi connectivity index (χ0n) is 10.7. The summed E-state index contributed by atoms with van der Waals surface area (Å²) in [6.07, 6.45) is 0. The standard InChI is InChI=1S/C12H14N2O3S/c1-14(2)12(15)8-5-9(13-7-18)11(17-4)6-10(8)16-3/h5-6H,1-4H3. The van der Waals surface area contributed by atoms with E-state index >= 15 is 0 Å². The third-order valence-electron chi connectivity index (χ3n) is 2.30. The zero-order chi connectivity index (χ0) is 13.7. The number of isothiocyanates is 1. The van der Waals surface area contributed by atoms with E-state index in [2.05, 4.69) is 22.4 Å². The molecule has 0 unspecified atom stereocenters. The topological polar surface area (TPSA) is 51.1 Å². The molecule has 0 bridgehead atoms. The first-order valence-electron chi connectivity index (χ1n) is 5.10. The molecule has 0 heterocycles. The van der Waals surface area contributed by atoms with Crippen LogP contribution >= 0.6 is 12.2 Å². The van der Waals surface area contributed by atoms with E-state index in [9.17, 15) is 4.79 Å². The van der Waals surface area contributed by atoms with Gasteiger partial charge in [0.05, 0.1) is 24.9 Å². The Labute approximate surface area is 111 Å². The first kappa shape index (κ1) is 14.2. The first-order valence-corrected chi connectivity index (χ1v) is 5.51. The van der Waals surface area contributed by atoms with Gasteiger partial charge < -0.3 is 14.4 Å². The van der Waals surface area contributed by atoms with Crippen LogP contribution in [-0.2, 0) is 0 Å². The van der Waals surface area contributed by atoms with Crippen molar-refractivity contribution in [1.29, 1.82) is 0 Å². The predicted molar refractivity (Wildman–Crippen MR) is 72.2 cm³/mol. The molecule has 0 aliphatic heterocycles. The van der Waals surface area contributed by atoms with Crippen molar-refractivity contribution in [2.75, 3.05) is 28.3 Å². The number of rotatable bonds is 4. The summed E-state index contributed by atoms with van der Waals surface area (Å²) >= 11 is 4.56. The van der Waals surface area contributed by atoms with Gasteiger partial charge in [-0.15, -0.1) is 0 Å². The number of benzene rings is 1. The Balaban J connectivity index is 3.45. The van der Waals surface area contributed by atoms with Gasteiger partial charge in [0.15, 0.2) is 0 Å². The molecule has 1 rings (SSSR count).